The van der Waals surface area contributed by atoms with Crippen LogP contribution in [0.5, 0.6) is 0 Å². The van der Waals surface area contributed by atoms with E-state index >= 15 is 0 Å². The van der Waals surface area contributed by atoms with Gasteiger partial charge in [0.1, 0.15) is 5.82 Å². The maximum Gasteiger partial charge on any atom is 0.319 e. The maximum absolute atomic E-state index is 13.3. The number of hydrogen-bond donors (Lipinski definition) is 3. The van der Waals surface area contributed by atoms with Crippen LogP contribution in [0.3, 0.4) is 0 Å². The Morgan fingerprint density at radius 1 is 1.45 bits per heavy atom. The molecule has 1 aromatic rings. The lowest BCUT2D eigenvalue weighted by molar-refractivity contribution is 0.0339. The summed E-state index contributed by atoms with van der Waals surface area (Å²) in [6, 6.07) is 5.33. The molecule has 0 aliphatic heterocycles. The second-order valence-electron chi connectivity index (χ2n) is 4.95. The summed E-state index contributed by atoms with van der Waals surface area (Å²) in [5.41, 5.74) is 0.101. The molecule has 0 spiro atoms. The van der Waals surface area contributed by atoms with Crippen molar-refractivity contribution in [2.45, 2.75) is 18.9 Å². The van der Waals surface area contributed by atoms with Crippen LogP contribution < -0.4 is 10.6 Å². The van der Waals surface area contributed by atoms with Crippen molar-refractivity contribution in [1.29, 1.82) is 0 Å². The van der Waals surface area contributed by atoms with E-state index in [0.29, 0.717) is 12.5 Å². The number of aliphatic hydroxyl groups excluding tert-OH is 1. The first-order chi connectivity index (χ1) is 9.65. The van der Waals surface area contributed by atoms with Crippen molar-refractivity contribution in [3.05, 3.63) is 30.1 Å². The van der Waals surface area contributed by atoms with Gasteiger partial charge in [0.05, 0.1) is 18.4 Å². The van der Waals surface area contributed by atoms with Crippen LogP contribution in [0.1, 0.15) is 12.8 Å². The van der Waals surface area contributed by atoms with Crippen LogP contribution in [0.2, 0.25) is 0 Å². The summed E-state index contributed by atoms with van der Waals surface area (Å²) in [5.74, 6) is 0.135. The number of rotatable bonds is 7. The van der Waals surface area contributed by atoms with E-state index in [9.17, 15) is 14.3 Å². The standard InChI is InChI=1S/C14H19FN2O3/c15-12-3-1-2-4-13(12)17-14(19)16-7-11(18)9-20-8-10-5-6-10/h1-4,10-11,18H,5-9H2,(H2,16,17,19)/t11-/m1/s1. The predicted octanol–water partition coefficient (Wildman–Crippen LogP) is 1.73. The van der Waals surface area contributed by atoms with Crippen molar-refractivity contribution >= 4 is 11.7 Å². The Kier molecular flexibility index (Phi) is 5.31. The van der Waals surface area contributed by atoms with Crippen molar-refractivity contribution in [2.75, 3.05) is 25.1 Å². The van der Waals surface area contributed by atoms with Gasteiger partial charge >= 0.3 is 6.03 Å². The Labute approximate surface area is 117 Å². The van der Waals surface area contributed by atoms with Crippen LogP contribution in [0.15, 0.2) is 24.3 Å². The highest BCUT2D eigenvalue weighted by Crippen LogP contribution is 2.28. The number of aliphatic hydroxyl groups is 1. The fraction of sp³-hybridized carbons (Fsp3) is 0.500. The van der Waals surface area contributed by atoms with Gasteiger partial charge in [-0.2, -0.15) is 0 Å². The molecular formula is C14H19FN2O3. The number of nitrogens with one attached hydrogen (secondary N) is 2. The number of urea groups is 1. The van der Waals surface area contributed by atoms with Gasteiger partial charge in [-0.05, 0) is 30.9 Å². The second-order valence-corrected chi connectivity index (χ2v) is 4.95. The molecule has 5 nitrogen and oxygen atoms in total. The molecule has 0 saturated heterocycles. The molecular weight excluding hydrogens is 263 g/mol. The molecule has 1 aliphatic rings. The van der Waals surface area contributed by atoms with Gasteiger partial charge < -0.3 is 20.5 Å². The van der Waals surface area contributed by atoms with E-state index in [1.54, 1.807) is 12.1 Å². The molecule has 3 N–H and O–H groups in total. The lowest BCUT2D eigenvalue weighted by Gasteiger charge is -2.13. The molecule has 1 fully saturated rings. The van der Waals surface area contributed by atoms with Gasteiger partial charge in [0, 0.05) is 13.2 Å². The first kappa shape index (κ1) is 14.7. The summed E-state index contributed by atoms with van der Waals surface area (Å²) in [6.07, 6.45) is 1.62. The third-order valence-electron chi connectivity index (χ3n) is 2.98. The van der Waals surface area contributed by atoms with Crippen LogP contribution in [-0.4, -0.2) is 37.0 Å². The van der Waals surface area contributed by atoms with Gasteiger partial charge in [0.2, 0.25) is 0 Å². The molecule has 1 aromatic carbocycles. The Morgan fingerprint density at radius 2 is 2.20 bits per heavy atom. The zero-order valence-corrected chi connectivity index (χ0v) is 11.1. The molecule has 1 saturated carbocycles. The number of anilines is 1. The third-order valence-corrected chi connectivity index (χ3v) is 2.98. The summed E-state index contributed by atoms with van der Waals surface area (Å²) < 4.78 is 18.6. The molecule has 2 rings (SSSR count). The Hall–Kier alpha value is -1.66. The Morgan fingerprint density at radius 3 is 2.90 bits per heavy atom. The second kappa shape index (κ2) is 7.21. The van der Waals surface area contributed by atoms with Crippen molar-refractivity contribution in [2.24, 2.45) is 5.92 Å². The average Bonchev–Trinajstić information content (AvgIpc) is 3.23. The number of ether oxygens (including phenoxy) is 1. The van der Waals surface area contributed by atoms with Gasteiger partial charge in [0.25, 0.3) is 0 Å². The van der Waals surface area contributed by atoms with Crippen LogP contribution in [-0.2, 0) is 4.74 Å². The van der Waals surface area contributed by atoms with Gasteiger partial charge in [-0.3, -0.25) is 0 Å². The van der Waals surface area contributed by atoms with E-state index < -0.39 is 18.0 Å². The lowest BCUT2D eigenvalue weighted by Crippen LogP contribution is -2.37. The minimum absolute atomic E-state index is 0.0605. The van der Waals surface area contributed by atoms with Crippen molar-refractivity contribution in [3.63, 3.8) is 0 Å². The zero-order valence-electron chi connectivity index (χ0n) is 11.1. The van der Waals surface area contributed by atoms with E-state index in [0.717, 1.165) is 0 Å². The number of benzene rings is 1. The molecule has 1 atom stereocenters. The lowest BCUT2D eigenvalue weighted by atomic mass is 10.3. The highest BCUT2D eigenvalue weighted by Gasteiger charge is 2.21. The Balaban J connectivity index is 1.62. The maximum atomic E-state index is 13.3. The van der Waals surface area contributed by atoms with Crippen molar-refractivity contribution in [3.8, 4) is 0 Å². The van der Waals surface area contributed by atoms with Crippen molar-refractivity contribution in [1.82, 2.24) is 5.32 Å². The fourth-order valence-electron chi connectivity index (χ4n) is 1.65. The first-order valence-electron chi connectivity index (χ1n) is 6.70. The molecule has 0 heterocycles. The molecule has 110 valence electrons. The van der Waals surface area contributed by atoms with E-state index in [-0.39, 0.29) is 18.8 Å². The van der Waals surface area contributed by atoms with E-state index in [2.05, 4.69) is 10.6 Å². The monoisotopic (exact) mass is 282 g/mol. The first-order valence-corrected chi connectivity index (χ1v) is 6.70. The topological polar surface area (TPSA) is 70.6 Å². The summed E-state index contributed by atoms with van der Waals surface area (Å²) in [5, 5.41) is 14.4. The zero-order chi connectivity index (χ0) is 14.4. The molecule has 0 radical (unpaired) electrons. The average molecular weight is 282 g/mol. The number of amides is 2. The van der Waals surface area contributed by atoms with Gasteiger partial charge in [-0.1, -0.05) is 12.1 Å². The summed E-state index contributed by atoms with van der Waals surface area (Å²) in [7, 11) is 0. The minimum atomic E-state index is -0.764. The molecule has 0 bridgehead atoms. The van der Waals surface area contributed by atoms with Gasteiger partial charge in [0.15, 0.2) is 0 Å². The van der Waals surface area contributed by atoms with Crippen LogP contribution in [0.4, 0.5) is 14.9 Å². The fourth-order valence-corrected chi connectivity index (χ4v) is 1.65. The number of halogens is 1. The largest absolute Gasteiger partial charge is 0.389 e. The minimum Gasteiger partial charge on any atom is -0.389 e. The SMILES string of the molecule is O=C(NC[C@@H](O)COCC1CC1)Nc1ccccc1F. The number of carbonyl (C=O) groups excluding carboxylic acids is 1. The van der Waals surface area contributed by atoms with E-state index in [1.165, 1.54) is 25.0 Å². The summed E-state index contributed by atoms with van der Waals surface area (Å²) in [4.78, 5) is 11.5. The van der Waals surface area contributed by atoms with Gasteiger partial charge in [-0.25, -0.2) is 9.18 Å². The summed E-state index contributed by atoms with van der Waals surface area (Å²) >= 11 is 0. The third kappa shape index (κ3) is 5.14. The smallest absolute Gasteiger partial charge is 0.319 e. The number of carbonyl (C=O) groups is 1. The van der Waals surface area contributed by atoms with Gasteiger partial charge in [-0.15, -0.1) is 0 Å². The van der Waals surface area contributed by atoms with E-state index in [4.69, 9.17) is 4.74 Å². The van der Waals surface area contributed by atoms with Crippen molar-refractivity contribution < 1.29 is 19.0 Å². The number of para-hydroxylation sites is 1. The van der Waals surface area contributed by atoms with Crippen LogP contribution in [0, 0.1) is 11.7 Å². The molecule has 2 amide bonds. The molecule has 6 heteroatoms. The highest BCUT2D eigenvalue weighted by atomic mass is 19.1. The van der Waals surface area contributed by atoms with Crippen LogP contribution >= 0.6 is 0 Å². The predicted molar refractivity (Wildman–Crippen MR) is 73.0 cm³/mol. The molecule has 0 unspecified atom stereocenters. The summed E-state index contributed by atoms with van der Waals surface area (Å²) in [6.45, 7) is 0.917. The normalized spacial score (nSPS) is 15.7. The molecule has 1 aliphatic carbocycles. The van der Waals surface area contributed by atoms with E-state index in [1.807, 2.05) is 0 Å². The molecule has 20 heavy (non-hydrogen) atoms. The molecule has 0 aromatic heterocycles. The number of hydrogen-bond acceptors (Lipinski definition) is 3. The highest BCUT2D eigenvalue weighted by molar-refractivity contribution is 5.89. The Bertz CT molecular complexity index is 452. The quantitative estimate of drug-likeness (QED) is 0.713. The van der Waals surface area contributed by atoms with Crippen LogP contribution in [0.25, 0.3) is 0 Å².